The summed E-state index contributed by atoms with van der Waals surface area (Å²) in [7, 11) is 0. The number of amides is 1. The fourth-order valence-electron chi connectivity index (χ4n) is 1.23. The maximum atomic E-state index is 11.7. The lowest BCUT2D eigenvalue weighted by molar-refractivity contribution is 0.0690. The van der Waals surface area contributed by atoms with Gasteiger partial charge in [0.25, 0.3) is 5.91 Å². The van der Waals surface area contributed by atoms with Crippen molar-refractivity contribution in [1.82, 2.24) is 15.2 Å². The molecule has 0 atom stereocenters. The van der Waals surface area contributed by atoms with Crippen LogP contribution in [0, 0.1) is 0 Å². The van der Waals surface area contributed by atoms with Crippen LogP contribution in [0.4, 0.5) is 5.82 Å². The zero-order valence-corrected chi connectivity index (χ0v) is 9.60. The third-order valence-corrected chi connectivity index (χ3v) is 2.25. The molecule has 92 valence electrons. The lowest BCUT2D eigenvalue weighted by Gasteiger charge is -2.01. The number of hydrogen-bond donors (Lipinski definition) is 3. The Kier molecular flexibility index (Phi) is 3.24. The topological polar surface area (TPSA) is 108 Å². The summed E-state index contributed by atoms with van der Waals surface area (Å²) in [6, 6.07) is 4.08. The van der Waals surface area contributed by atoms with Crippen LogP contribution in [-0.4, -0.2) is 32.2 Å². The van der Waals surface area contributed by atoms with Crippen molar-refractivity contribution in [3.63, 3.8) is 0 Å². The van der Waals surface area contributed by atoms with Crippen molar-refractivity contribution in [3.05, 3.63) is 40.8 Å². The summed E-state index contributed by atoms with van der Waals surface area (Å²) in [6.45, 7) is 0. The number of anilines is 1. The Bertz CT molecular complexity index is 611. The number of pyridine rings is 1. The Labute approximate surface area is 106 Å². The smallest absolute Gasteiger partial charge is 0.353 e. The summed E-state index contributed by atoms with van der Waals surface area (Å²) in [5, 5.41) is 17.2. The first-order valence-corrected chi connectivity index (χ1v) is 5.15. The highest BCUT2D eigenvalue weighted by Crippen LogP contribution is 2.10. The van der Waals surface area contributed by atoms with Crippen molar-refractivity contribution in [1.29, 1.82) is 0 Å². The van der Waals surface area contributed by atoms with Crippen LogP contribution >= 0.6 is 11.6 Å². The molecule has 0 bridgehead atoms. The molecule has 0 unspecified atom stereocenters. The number of rotatable bonds is 3. The van der Waals surface area contributed by atoms with E-state index in [0.29, 0.717) is 5.56 Å². The number of halogens is 1. The van der Waals surface area contributed by atoms with Crippen molar-refractivity contribution in [2.24, 2.45) is 0 Å². The van der Waals surface area contributed by atoms with Crippen molar-refractivity contribution in [3.8, 4) is 0 Å². The van der Waals surface area contributed by atoms with E-state index < -0.39 is 11.9 Å². The summed E-state index contributed by atoms with van der Waals surface area (Å²) in [4.78, 5) is 26.1. The SMILES string of the molecule is O=C(Nc1cc(C(=O)O)[nH]n1)c1ccnc(Cl)c1. The predicted octanol–water partition coefficient (Wildman–Crippen LogP) is 1.41. The number of H-pyrrole nitrogens is 1. The number of hydrogen-bond acceptors (Lipinski definition) is 4. The van der Waals surface area contributed by atoms with Gasteiger partial charge in [-0.2, -0.15) is 5.10 Å². The number of carboxylic acids is 1. The van der Waals surface area contributed by atoms with Gasteiger partial charge in [-0.05, 0) is 12.1 Å². The molecule has 7 nitrogen and oxygen atoms in total. The Morgan fingerprint density at radius 2 is 2.17 bits per heavy atom. The van der Waals surface area contributed by atoms with Gasteiger partial charge in [-0.25, -0.2) is 9.78 Å². The van der Waals surface area contributed by atoms with Crippen LogP contribution in [0.5, 0.6) is 0 Å². The summed E-state index contributed by atoms with van der Waals surface area (Å²) in [5.74, 6) is -1.50. The first-order valence-electron chi connectivity index (χ1n) is 4.78. The van der Waals surface area contributed by atoms with Crippen molar-refractivity contribution in [2.75, 3.05) is 5.32 Å². The molecular weight excluding hydrogens is 260 g/mol. The highest BCUT2D eigenvalue weighted by Gasteiger charge is 2.11. The molecule has 8 heteroatoms. The second-order valence-corrected chi connectivity index (χ2v) is 3.68. The molecule has 2 heterocycles. The fourth-order valence-corrected chi connectivity index (χ4v) is 1.40. The molecule has 0 saturated carbocycles. The number of carbonyl (C=O) groups is 2. The fraction of sp³-hybridized carbons (Fsp3) is 0. The number of carbonyl (C=O) groups excluding carboxylic acids is 1. The Morgan fingerprint density at radius 3 is 2.78 bits per heavy atom. The van der Waals surface area contributed by atoms with Crippen molar-refractivity contribution in [2.45, 2.75) is 0 Å². The van der Waals surface area contributed by atoms with Crippen LogP contribution in [0.15, 0.2) is 24.4 Å². The average molecular weight is 267 g/mol. The van der Waals surface area contributed by atoms with E-state index in [0.717, 1.165) is 0 Å². The molecule has 0 aromatic carbocycles. The molecule has 1 amide bonds. The average Bonchev–Trinajstić information content (AvgIpc) is 2.77. The van der Waals surface area contributed by atoms with E-state index in [1.165, 1.54) is 24.4 Å². The summed E-state index contributed by atoms with van der Waals surface area (Å²) < 4.78 is 0. The number of carboxylic acid groups (broad SMARTS) is 1. The summed E-state index contributed by atoms with van der Waals surface area (Å²) >= 11 is 5.65. The molecule has 3 N–H and O–H groups in total. The Balaban J connectivity index is 2.13. The molecule has 2 aromatic heterocycles. The number of aromatic amines is 1. The minimum Gasteiger partial charge on any atom is -0.477 e. The molecule has 2 rings (SSSR count). The van der Waals surface area contributed by atoms with Crippen molar-refractivity contribution >= 4 is 29.3 Å². The standard InChI is InChI=1S/C10H7ClN4O3/c11-7-3-5(1-2-12-7)9(16)13-8-4-6(10(17)18)14-15-8/h1-4H,(H,17,18)(H2,13,14,15,16). The lowest BCUT2D eigenvalue weighted by atomic mass is 10.2. The maximum Gasteiger partial charge on any atom is 0.353 e. The van der Waals surface area contributed by atoms with Crippen LogP contribution < -0.4 is 5.32 Å². The molecule has 0 saturated heterocycles. The van der Waals surface area contributed by atoms with Gasteiger partial charge in [0.05, 0.1) is 0 Å². The van der Waals surface area contributed by atoms with E-state index in [4.69, 9.17) is 16.7 Å². The molecule has 0 aliphatic heterocycles. The highest BCUT2D eigenvalue weighted by molar-refractivity contribution is 6.29. The first kappa shape index (κ1) is 12.1. The van der Waals surface area contributed by atoms with Gasteiger partial charge < -0.3 is 10.4 Å². The molecule has 0 aliphatic carbocycles. The van der Waals surface area contributed by atoms with E-state index in [1.807, 2.05) is 0 Å². The molecule has 0 spiro atoms. The van der Waals surface area contributed by atoms with Gasteiger partial charge >= 0.3 is 5.97 Å². The Morgan fingerprint density at radius 1 is 1.39 bits per heavy atom. The van der Waals surface area contributed by atoms with E-state index in [9.17, 15) is 9.59 Å². The first-order chi connectivity index (χ1) is 8.56. The molecule has 18 heavy (non-hydrogen) atoms. The number of aromatic nitrogens is 3. The lowest BCUT2D eigenvalue weighted by Crippen LogP contribution is -2.12. The Hall–Kier alpha value is -2.41. The molecular formula is C10H7ClN4O3. The predicted molar refractivity (Wildman–Crippen MR) is 62.7 cm³/mol. The number of nitrogens with zero attached hydrogens (tertiary/aromatic N) is 2. The molecule has 0 fully saturated rings. The zero-order chi connectivity index (χ0) is 13.1. The van der Waals surface area contributed by atoms with Gasteiger partial charge in [0.15, 0.2) is 5.82 Å². The minimum atomic E-state index is -1.16. The monoisotopic (exact) mass is 266 g/mol. The van der Waals surface area contributed by atoms with Crippen LogP contribution in [-0.2, 0) is 0 Å². The second-order valence-electron chi connectivity index (χ2n) is 3.29. The minimum absolute atomic E-state index is 0.113. The van der Waals surface area contributed by atoms with Gasteiger partial charge in [0, 0.05) is 17.8 Å². The quantitative estimate of drug-likeness (QED) is 0.728. The summed E-state index contributed by atoms with van der Waals surface area (Å²) in [5.41, 5.74) is 0.188. The van der Waals surface area contributed by atoms with Crippen LogP contribution in [0.3, 0.4) is 0 Å². The van der Waals surface area contributed by atoms with Crippen molar-refractivity contribution < 1.29 is 14.7 Å². The normalized spacial score (nSPS) is 10.1. The van der Waals surface area contributed by atoms with Gasteiger partial charge in [-0.1, -0.05) is 11.6 Å². The van der Waals surface area contributed by atoms with E-state index >= 15 is 0 Å². The van der Waals surface area contributed by atoms with E-state index in [2.05, 4.69) is 20.5 Å². The number of aromatic carboxylic acids is 1. The van der Waals surface area contributed by atoms with Crippen LogP contribution in [0.2, 0.25) is 5.15 Å². The van der Waals surface area contributed by atoms with Crippen LogP contribution in [0.1, 0.15) is 20.8 Å². The third kappa shape index (κ3) is 2.64. The maximum absolute atomic E-state index is 11.7. The second kappa shape index (κ2) is 4.84. The molecule has 0 aliphatic rings. The van der Waals surface area contributed by atoms with E-state index in [1.54, 1.807) is 0 Å². The number of nitrogens with one attached hydrogen (secondary N) is 2. The molecule has 0 radical (unpaired) electrons. The van der Waals surface area contributed by atoms with Gasteiger partial charge in [0.2, 0.25) is 0 Å². The van der Waals surface area contributed by atoms with E-state index in [-0.39, 0.29) is 16.7 Å². The third-order valence-electron chi connectivity index (χ3n) is 2.04. The largest absolute Gasteiger partial charge is 0.477 e. The van der Waals surface area contributed by atoms with Gasteiger partial charge in [0.1, 0.15) is 10.8 Å². The highest BCUT2D eigenvalue weighted by atomic mass is 35.5. The van der Waals surface area contributed by atoms with Crippen LogP contribution in [0.25, 0.3) is 0 Å². The van der Waals surface area contributed by atoms with Gasteiger partial charge in [-0.3, -0.25) is 9.89 Å². The summed E-state index contributed by atoms with van der Waals surface area (Å²) in [6.07, 6.45) is 1.39. The molecule has 2 aromatic rings. The zero-order valence-electron chi connectivity index (χ0n) is 8.85. The van der Waals surface area contributed by atoms with Gasteiger partial charge in [-0.15, -0.1) is 0 Å².